The third-order valence-electron chi connectivity index (χ3n) is 4.35. The average Bonchev–Trinajstić information content (AvgIpc) is 2.90. The Morgan fingerprint density at radius 1 is 1.12 bits per heavy atom. The van der Waals surface area contributed by atoms with Crippen LogP contribution < -0.4 is 0 Å². The largest absolute Gasteiger partial charge is 0.465 e. The number of aromatic amines is 1. The van der Waals surface area contributed by atoms with Gasteiger partial charge < -0.3 is 14.5 Å². The molecule has 0 unspecified atom stereocenters. The molecule has 0 aliphatic heterocycles. The van der Waals surface area contributed by atoms with Gasteiger partial charge in [-0.3, -0.25) is 9.59 Å². The summed E-state index contributed by atoms with van der Waals surface area (Å²) >= 11 is 0. The smallest absolute Gasteiger partial charge is 0.339 e. The maximum absolute atomic E-state index is 12.6. The van der Waals surface area contributed by atoms with Gasteiger partial charge in [0.2, 0.25) is 5.78 Å². The summed E-state index contributed by atoms with van der Waals surface area (Å²) in [5.41, 5.74) is 3.45. The molecule has 1 heterocycles. The van der Waals surface area contributed by atoms with Crippen LogP contribution in [-0.4, -0.2) is 35.9 Å². The molecule has 0 saturated carbocycles. The van der Waals surface area contributed by atoms with Crippen LogP contribution in [0.3, 0.4) is 0 Å². The lowest BCUT2D eigenvalue weighted by Crippen LogP contribution is -2.26. The number of hydrogen-bond acceptors (Lipinski definition) is 5. The number of nitrogens with one attached hydrogen (secondary N) is 1. The van der Waals surface area contributed by atoms with Crippen molar-refractivity contribution in [2.45, 2.75) is 40.2 Å². The number of ketones is 1. The van der Waals surface area contributed by atoms with Crippen LogP contribution in [0.1, 0.15) is 50.2 Å². The van der Waals surface area contributed by atoms with Crippen molar-refractivity contribution in [1.82, 2.24) is 4.98 Å². The molecule has 0 saturated heterocycles. The number of ether oxygens (including phenoxy) is 2. The molecule has 1 N–H and O–H groups in total. The molecule has 2 aromatic rings. The van der Waals surface area contributed by atoms with E-state index in [1.165, 1.54) is 14.0 Å². The van der Waals surface area contributed by atoms with Crippen LogP contribution in [0.25, 0.3) is 0 Å². The first-order valence-electron chi connectivity index (χ1n) is 8.32. The van der Waals surface area contributed by atoms with Crippen molar-refractivity contribution >= 4 is 17.7 Å². The lowest BCUT2D eigenvalue weighted by Gasteiger charge is -2.13. The number of aryl methyl sites for hydroxylation is 2. The van der Waals surface area contributed by atoms with E-state index in [9.17, 15) is 14.4 Å². The standard InChI is InChI=1S/C20H23NO5/c1-11-8-6-7-9-15(11)10-16(22)26-14(4)19(23)18-12(2)17(13(3)21-18)20(24)25-5/h6-9,14,21H,10H2,1-5H3/t14-/m1/s1. The Morgan fingerprint density at radius 2 is 1.77 bits per heavy atom. The molecule has 1 aromatic carbocycles. The Kier molecular flexibility index (Phi) is 5.97. The molecule has 26 heavy (non-hydrogen) atoms. The van der Waals surface area contributed by atoms with E-state index in [4.69, 9.17) is 9.47 Å². The number of carbonyl (C=O) groups excluding carboxylic acids is 3. The highest BCUT2D eigenvalue weighted by Gasteiger charge is 2.27. The van der Waals surface area contributed by atoms with Crippen molar-refractivity contribution in [3.8, 4) is 0 Å². The molecular formula is C20H23NO5. The van der Waals surface area contributed by atoms with Gasteiger partial charge in [0.25, 0.3) is 0 Å². The van der Waals surface area contributed by atoms with Crippen molar-refractivity contribution in [1.29, 1.82) is 0 Å². The summed E-state index contributed by atoms with van der Waals surface area (Å²) in [6.45, 7) is 6.78. The lowest BCUT2D eigenvalue weighted by atomic mass is 10.1. The van der Waals surface area contributed by atoms with E-state index in [2.05, 4.69) is 4.98 Å². The molecule has 1 atom stereocenters. The van der Waals surface area contributed by atoms with Gasteiger partial charge in [-0.15, -0.1) is 0 Å². The molecule has 0 aliphatic rings. The second-order valence-corrected chi connectivity index (χ2v) is 6.22. The topological polar surface area (TPSA) is 85.5 Å². The summed E-state index contributed by atoms with van der Waals surface area (Å²) in [4.78, 5) is 39.5. The highest BCUT2D eigenvalue weighted by atomic mass is 16.5. The molecule has 0 bridgehead atoms. The minimum atomic E-state index is -0.964. The number of Topliss-reactive ketones (excluding diaryl/α,β-unsaturated/α-hetero) is 1. The summed E-state index contributed by atoms with van der Waals surface area (Å²) < 4.78 is 10.0. The second kappa shape index (κ2) is 7.99. The van der Waals surface area contributed by atoms with Crippen LogP contribution >= 0.6 is 0 Å². The van der Waals surface area contributed by atoms with Crippen LogP contribution in [0.15, 0.2) is 24.3 Å². The first kappa shape index (κ1) is 19.4. The van der Waals surface area contributed by atoms with Gasteiger partial charge in [-0.25, -0.2) is 4.79 Å². The van der Waals surface area contributed by atoms with Gasteiger partial charge in [-0.2, -0.15) is 0 Å². The molecular weight excluding hydrogens is 334 g/mol. The van der Waals surface area contributed by atoms with Gasteiger partial charge in [-0.05, 0) is 44.4 Å². The maximum atomic E-state index is 12.6. The third kappa shape index (κ3) is 4.02. The monoisotopic (exact) mass is 357 g/mol. The highest BCUT2D eigenvalue weighted by Crippen LogP contribution is 2.21. The summed E-state index contributed by atoms with van der Waals surface area (Å²) in [6.07, 6.45) is -0.866. The fourth-order valence-corrected chi connectivity index (χ4v) is 2.86. The zero-order chi connectivity index (χ0) is 19.4. The van der Waals surface area contributed by atoms with Gasteiger partial charge in [0.15, 0.2) is 6.10 Å². The number of hydrogen-bond donors (Lipinski definition) is 1. The number of aromatic nitrogens is 1. The van der Waals surface area contributed by atoms with E-state index in [0.29, 0.717) is 16.8 Å². The number of esters is 2. The first-order valence-corrected chi connectivity index (χ1v) is 8.32. The Balaban J connectivity index is 2.11. The molecule has 0 spiro atoms. The molecule has 0 amide bonds. The number of H-pyrrole nitrogens is 1. The van der Waals surface area contributed by atoms with E-state index >= 15 is 0 Å². The van der Waals surface area contributed by atoms with E-state index in [0.717, 1.165) is 11.1 Å². The van der Waals surface area contributed by atoms with Crippen LogP contribution in [0.5, 0.6) is 0 Å². The fourth-order valence-electron chi connectivity index (χ4n) is 2.86. The lowest BCUT2D eigenvalue weighted by molar-refractivity contribution is -0.145. The summed E-state index contributed by atoms with van der Waals surface area (Å²) in [7, 11) is 1.28. The average molecular weight is 357 g/mol. The molecule has 0 radical (unpaired) electrons. The van der Waals surface area contributed by atoms with Crippen LogP contribution in [0.2, 0.25) is 0 Å². The molecule has 0 aliphatic carbocycles. The van der Waals surface area contributed by atoms with Gasteiger partial charge >= 0.3 is 11.9 Å². The zero-order valence-electron chi connectivity index (χ0n) is 15.6. The summed E-state index contributed by atoms with van der Waals surface area (Å²) in [5, 5.41) is 0. The molecule has 0 fully saturated rings. The first-order chi connectivity index (χ1) is 12.3. The summed E-state index contributed by atoms with van der Waals surface area (Å²) in [5.74, 6) is -1.38. The van der Waals surface area contributed by atoms with Crippen molar-refractivity contribution < 1.29 is 23.9 Å². The quantitative estimate of drug-likeness (QED) is 0.634. The predicted octanol–water partition coefficient (Wildman–Crippen LogP) is 3.08. The van der Waals surface area contributed by atoms with Gasteiger partial charge in [0.1, 0.15) is 0 Å². The molecule has 6 nitrogen and oxygen atoms in total. The Bertz CT molecular complexity index is 850. The SMILES string of the molecule is COC(=O)c1c(C)[nH]c(C(=O)[C@@H](C)OC(=O)Cc2ccccc2C)c1C. The number of rotatable bonds is 6. The molecule has 6 heteroatoms. The minimum Gasteiger partial charge on any atom is -0.465 e. The number of benzene rings is 1. The third-order valence-corrected chi connectivity index (χ3v) is 4.35. The second-order valence-electron chi connectivity index (χ2n) is 6.22. The maximum Gasteiger partial charge on any atom is 0.339 e. The molecule has 138 valence electrons. The normalized spacial score (nSPS) is 11.7. The van der Waals surface area contributed by atoms with Crippen LogP contribution in [-0.2, 0) is 20.7 Å². The molecule has 2 rings (SSSR count). The van der Waals surface area contributed by atoms with Gasteiger partial charge in [0.05, 0.1) is 24.8 Å². The van der Waals surface area contributed by atoms with Crippen molar-refractivity contribution in [2.24, 2.45) is 0 Å². The zero-order valence-corrected chi connectivity index (χ0v) is 15.6. The van der Waals surface area contributed by atoms with E-state index in [-0.39, 0.29) is 17.9 Å². The van der Waals surface area contributed by atoms with E-state index in [1.807, 2.05) is 31.2 Å². The fraction of sp³-hybridized carbons (Fsp3) is 0.350. The minimum absolute atomic E-state index is 0.0977. The summed E-state index contributed by atoms with van der Waals surface area (Å²) in [6, 6.07) is 7.51. The van der Waals surface area contributed by atoms with Gasteiger partial charge in [-0.1, -0.05) is 24.3 Å². The van der Waals surface area contributed by atoms with Gasteiger partial charge in [0, 0.05) is 5.69 Å². The van der Waals surface area contributed by atoms with Crippen LogP contribution in [0, 0.1) is 20.8 Å². The highest BCUT2D eigenvalue weighted by molar-refractivity contribution is 6.04. The van der Waals surface area contributed by atoms with Crippen molar-refractivity contribution in [2.75, 3.05) is 7.11 Å². The van der Waals surface area contributed by atoms with E-state index in [1.54, 1.807) is 13.8 Å². The number of methoxy groups -OCH3 is 1. The van der Waals surface area contributed by atoms with Crippen molar-refractivity contribution in [3.63, 3.8) is 0 Å². The molecule has 1 aromatic heterocycles. The Hall–Kier alpha value is -2.89. The van der Waals surface area contributed by atoms with Crippen LogP contribution in [0.4, 0.5) is 0 Å². The Morgan fingerprint density at radius 3 is 2.38 bits per heavy atom. The van der Waals surface area contributed by atoms with Crippen molar-refractivity contribution in [3.05, 3.63) is 57.9 Å². The number of carbonyl (C=O) groups is 3. The Labute approximate surface area is 152 Å². The predicted molar refractivity (Wildman–Crippen MR) is 96.4 cm³/mol. The van der Waals surface area contributed by atoms with E-state index < -0.39 is 18.0 Å².